The Bertz CT molecular complexity index is 364. The van der Waals surface area contributed by atoms with E-state index in [1.807, 2.05) is 6.92 Å². The monoisotopic (exact) mass is 254 g/mol. The van der Waals surface area contributed by atoms with Gasteiger partial charge in [-0.2, -0.15) is 4.98 Å². The molecule has 0 radical (unpaired) electrons. The number of nitrogens with zero attached hydrogens (tertiary/aromatic N) is 3. The summed E-state index contributed by atoms with van der Waals surface area (Å²) >= 11 is 0. The fraction of sp³-hybridized carbons (Fsp3) is 0.833. The summed E-state index contributed by atoms with van der Waals surface area (Å²) in [6.45, 7) is 9.26. The van der Waals surface area contributed by atoms with Gasteiger partial charge in [0.05, 0.1) is 19.1 Å². The second-order valence-corrected chi connectivity index (χ2v) is 5.16. The lowest BCUT2D eigenvalue weighted by atomic mass is 9.90. The maximum absolute atomic E-state index is 6.00. The lowest BCUT2D eigenvalue weighted by molar-refractivity contribution is 0.121. The zero-order valence-electron chi connectivity index (χ0n) is 11.3. The summed E-state index contributed by atoms with van der Waals surface area (Å²) in [5.41, 5.74) is 6.00. The molecule has 0 amide bonds. The van der Waals surface area contributed by atoms with Crippen LogP contribution in [-0.4, -0.2) is 42.5 Å². The first-order chi connectivity index (χ1) is 8.59. The molecule has 2 unspecified atom stereocenters. The average Bonchev–Trinajstić information content (AvgIpc) is 2.78. The number of anilines is 1. The minimum atomic E-state index is 0.00277. The molecule has 0 spiro atoms. The largest absolute Gasteiger partial charge is 0.378 e. The Labute approximate surface area is 107 Å². The molecule has 6 nitrogen and oxygen atoms in total. The molecule has 0 saturated carbocycles. The van der Waals surface area contributed by atoms with Crippen molar-refractivity contribution in [2.75, 3.05) is 31.2 Å². The van der Waals surface area contributed by atoms with Crippen LogP contribution in [-0.2, 0) is 4.74 Å². The van der Waals surface area contributed by atoms with E-state index in [9.17, 15) is 0 Å². The quantitative estimate of drug-likeness (QED) is 0.863. The van der Waals surface area contributed by atoms with Gasteiger partial charge >= 0.3 is 0 Å². The summed E-state index contributed by atoms with van der Waals surface area (Å²) in [7, 11) is 0. The van der Waals surface area contributed by atoms with E-state index in [2.05, 4.69) is 28.9 Å². The molecule has 0 aromatic carbocycles. The van der Waals surface area contributed by atoms with E-state index in [1.54, 1.807) is 0 Å². The Kier molecular flexibility index (Phi) is 4.19. The molecular formula is C12H22N4O2. The topological polar surface area (TPSA) is 77.4 Å². The van der Waals surface area contributed by atoms with Gasteiger partial charge in [0.2, 0.25) is 5.89 Å². The maximum Gasteiger partial charge on any atom is 0.266 e. The van der Waals surface area contributed by atoms with E-state index in [4.69, 9.17) is 15.0 Å². The van der Waals surface area contributed by atoms with E-state index in [0.717, 1.165) is 13.1 Å². The third-order valence-corrected chi connectivity index (χ3v) is 3.29. The van der Waals surface area contributed by atoms with Gasteiger partial charge in [0.1, 0.15) is 0 Å². The molecule has 2 rings (SSSR count). The number of ether oxygens (including phenoxy) is 1. The van der Waals surface area contributed by atoms with Gasteiger partial charge < -0.3 is 19.9 Å². The van der Waals surface area contributed by atoms with Crippen LogP contribution in [0.15, 0.2) is 4.52 Å². The van der Waals surface area contributed by atoms with Crippen molar-refractivity contribution in [2.45, 2.75) is 32.7 Å². The summed E-state index contributed by atoms with van der Waals surface area (Å²) in [5.74, 6) is 1.77. The van der Waals surface area contributed by atoms with Crippen LogP contribution < -0.4 is 10.6 Å². The van der Waals surface area contributed by atoms with Gasteiger partial charge in [0.15, 0.2) is 0 Å². The molecule has 2 atom stereocenters. The van der Waals surface area contributed by atoms with Crippen molar-refractivity contribution >= 4 is 5.95 Å². The van der Waals surface area contributed by atoms with Crippen molar-refractivity contribution in [3.05, 3.63) is 5.89 Å². The highest BCUT2D eigenvalue weighted by Gasteiger charge is 2.27. The normalized spacial score (nSPS) is 20.2. The van der Waals surface area contributed by atoms with Crippen LogP contribution in [0.3, 0.4) is 0 Å². The molecule has 0 aliphatic carbocycles. The summed E-state index contributed by atoms with van der Waals surface area (Å²) in [5, 5.41) is 4.05. The van der Waals surface area contributed by atoms with Crippen LogP contribution >= 0.6 is 0 Å². The molecule has 6 heteroatoms. The second kappa shape index (κ2) is 5.67. The Balaban J connectivity index is 2.13. The smallest absolute Gasteiger partial charge is 0.266 e. The highest BCUT2D eigenvalue weighted by Crippen LogP contribution is 2.27. The summed E-state index contributed by atoms with van der Waals surface area (Å²) in [6.07, 6.45) is 0. The molecule has 1 saturated heterocycles. The first-order valence-corrected chi connectivity index (χ1v) is 6.51. The fourth-order valence-corrected chi connectivity index (χ4v) is 2.37. The predicted molar refractivity (Wildman–Crippen MR) is 68.6 cm³/mol. The van der Waals surface area contributed by atoms with E-state index in [1.165, 1.54) is 0 Å². The minimum Gasteiger partial charge on any atom is -0.378 e. The Morgan fingerprint density at radius 2 is 1.89 bits per heavy atom. The molecule has 0 bridgehead atoms. The van der Waals surface area contributed by atoms with Crippen molar-refractivity contribution in [2.24, 2.45) is 11.7 Å². The van der Waals surface area contributed by atoms with Crippen molar-refractivity contribution in [3.8, 4) is 0 Å². The van der Waals surface area contributed by atoms with Gasteiger partial charge in [0.25, 0.3) is 5.95 Å². The van der Waals surface area contributed by atoms with Crippen LogP contribution in [0.2, 0.25) is 0 Å². The van der Waals surface area contributed by atoms with Crippen LogP contribution in [0.5, 0.6) is 0 Å². The molecule has 1 aliphatic heterocycles. The van der Waals surface area contributed by atoms with Gasteiger partial charge in [-0.3, -0.25) is 0 Å². The van der Waals surface area contributed by atoms with E-state index in [0.29, 0.717) is 31.0 Å². The SMILES string of the molecule is CC(C)C(c1nc(N2CCOCC2)no1)C(C)N. The number of rotatable bonds is 4. The molecule has 2 heterocycles. The zero-order valence-corrected chi connectivity index (χ0v) is 11.3. The molecule has 1 aromatic heterocycles. The molecule has 102 valence electrons. The summed E-state index contributed by atoms with van der Waals surface area (Å²) in [4.78, 5) is 6.57. The first-order valence-electron chi connectivity index (χ1n) is 6.51. The van der Waals surface area contributed by atoms with Gasteiger partial charge in [-0.15, -0.1) is 0 Å². The number of hydrogen-bond donors (Lipinski definition) is 1. The van der Waals surface area contributed by atoms with Gasteiger partial charge in [-0.05, 0) is 18.0 Å². The lowest BCUT2D eigenvalue weighted by Crippen LogP contribution is -2.37. The van der Waals surface area contributed by atoms with Crippen LogP contribution in [0.4, 0.5) is 5.95 Å². The Morgan fingerprint density at radius 1 is 1.22 bits per heavy atom. The zero-order chi connectivity index (χ0) is 13.1. The van der Waals surface area contributed by atoms with Crippen molar-refractivity contribution in [1.82, 2.24) is 10.1 Å². The van der Waals surface area contributed by atoms with Crippen molar-refractivity contribution in [3.63, 3.8) is 0 Å². The molecule has 18 heavy (non-hydrogen) atoms. The summed E-state index contributed by atoms with van der Waals surface area (Å²) in [6, 6.07) is 0.00277. The van der Waals surface area contributed by atoms with Crippen molar-refractivity contribution < 1.29 is 9.26 Å². The van der Waals surface area contributed by atoms with E-state index < -0.39 is 0 Å². The second-order valence-electron chi connectivity index (χ2n) is 5.16. The number of aromatic nitrogens is 2. The average molecular weight is 254 g/mol. The van der Waals surface area contributed by atoms with Gasteiger partial charge in [0, 0.05) is 19.1 Å². The van der Waals surface area contributed by atoms with Crippen molar-refractivity contribution in [1.29, 1.82) is 0 Å². The molecular weight excluding hydrogens is 232 g/mol. The molecule has 1 fully saturated rings. The van der Waals surface area contributed by atoms with Gasteiger partial charge in [-0.1, -0.05) is 13.8 Å². The third kappa shape index (κ3) is 2.81. The standard InChI is InChI=1S/C12H22N4O2/c1-8(2)10(9(3)13)11-14-12(15-18-11)16-4-6-17-7-5-16/h8-10H,4-7,13H2,1-3H3. The fourth-order valence-electron chi connectivity index (χ4n) is 2.37. The highest BCUT2D eigenvalue weighted by molar-refractivity contribution is 5.28. The molecule has 1 aliphatic rings. The van der Waals surface area contributed by atoms with Crippen LogP contribution in [0.25, 0.3) is 0 Å². The van der Waals surface area contributed by atoms with Crippen LogP contribution in [0, 0.1) is 5.92 Å². The Morgan fingerprint density at radius 3 is 2.44 bits per heavy atom. The number of hydrogen-bond acceptors (Lipinski definition) is 6. The van der Waals surface area contributed by atoms with E-state index >= 15 is 0 Å². The number of nitrogens with two attached hydrogens (primary N) is 1. The van der Waals surface area contributed by atoms with Gasteiger partial charge in [-0.25, -0.2) is 0 Å². The molecule has 1 aromatic rings. The summed E-state index contributed by atoms with van der Waals surface area (Å²) < 4.78 is 10.7. The highest BCUT2D eigenvalue weighted by atomic mass is 16.5. The number of morpholine rings is 1. The third-order valence-electron chi connectivity index (χ3n) is 3.29. The molecule has 2 N–H and O–H groups in total. The minimum absolute atomic E-state index is 0.00277. The lowest BCUT2D eigenvalue weighted by Gasteiger charge is -2.25. The maximum atomic E-state index is 6.00. The Hall–Kier alpha value is -1.14. The van der Waals surface area contributed by atoms with Crippen LogP contribution in [0.1, 0.15) is 32.6 Å². The van der Waals surface area contributed by atoms with E-state index in [-0.39, 0.29) is 12.0 Å². The first kappa shape index (κ1) is 13.3. The predicted octanol–water partition coefficient (Wildman–Crippen LogP) is 0.993.